The van der Waals surface area contributed by atoms with Crippen LogP contribution in [0.4, 0.5) is 0 Å². The van der Waals surface area contributed by atoms with Gasteiger partial charge in [-0.2, -0.15) is 0 Å². The molecule has 1 heterocycles. The van der Waals surface area contributed by atoms with E-state index in [1.807, 2.05) is 6.07 Å². The van der Waals surface area contributed by atoms with E-state index in [1.54, 1.807) is 11.3 Å². The molecular weight excluding hydrogens is 250 g/mol. The molecule has 1 aromatic rings. The summed E-state index contributed by atoms with van der Waals surface area (Å²) in [4.78, 5) is 1.45. The lowest BCUT2D eigenvalue weighted by Gasteiger charge is -2.37. The van der Waals surface area contributed by atoms with Crippen molar-refractivity contribution in [2.24, 2.45) is 5.41 Å². The quantitative estimate of drug-likeness (QED) is 0.831. The van der Waals surface area contributed by atoms with E-state index < -0.39 is 0 Å². The van der Waals surface area contributed by atoms with Gasteiger partial charge in [-0.1, -0.05) is 37.8 Å². The molecule has 1 aliphatic rings. The summed E-state index contributed by atoms with van der Waals surface area (Å²) in [6, 6.07) is 4.24. The molecule has 0 bridgehead atoms. The van der Waals surface area contributed by atoms with Crippen LogP contribution in [-0.2, 0) is 6.42 Å². The standard InChI is InChI=1S/C14H22ClNS/c1-2-16-11-14(8-4-3-5-9-14)10-12-6-7-13(15)17-12/h6-7,16H,2-5,8-11H2,1H3. The maximum Gasteiger partial charge on any atom is 0.0931 e. The van der Waals surface area contributed by atoms with Gasteiger partial charge in [-0.05, 0) is 43.4 Å². The number of rotatable bonds is 5. The van der Waals surface area contributed by atoms with E-state index in [0.717, 1.165) is 10.9 Å². The normalized spacial score (nSPS) is 19.4. The lowest BCUT2D eigenvalue weighted by molar-refractivity contribution is 0.183. The molecule has 96 valence electrons. The van der Waals surface area contributed by atoms with Crippen LogP contribution < -0.4 is 5.32 Å². The molecule has 1 nitrogen and oxygen atoms in total. The Kier molecular flexibility index (Phi) is 4.89. The molecule has 1 saturated carbocycles. The average Bonchev–Trinajstić information content (AvgIpc) is 2.73. The van der Waals surface area contributed by atoms with Crippen LogP contribution in [0.5, 0.6) is 0 Å². The van der Waals surface area contributed by atoms with Crippen molar-refractivity contribution in [2.75, 3.05) is 13.1 Å². The van der Waals surface area contributed by atoms with Crippen molar-refractivity contribution in [3.05, 3.63) is 21.3 Å². The zero-order valence-corrected chi connectivity index (χ0v) is 12.2. The van der Waals surface area contributed by atoms with E-state index in [4.69, 9.17) is 11.6 Å². The van der Waals surface area contributed by atoms with Crippen molar-refractivity contribution in [1.82, 2.24) is 5.32 Å². The van der Waals surface area contributed by atoms with Crippen molar-refractivity contribution in [3.63, 3.8) is 0 Å². The molecule has 0 spiro atoms. The molecule has 3 heteroatoms. The summed E-state index contributed by atoms with van der Waals surface area (Å²) in [6.07, 6.45) is 8.15. The van der Waals surface area contributed by atoms with E-state index >= 15 is 0 Å². The largest absolute Gasteiger partial charge is 0.316 e. The molecule has 0 saturated heterocycles. The van der Waals surface area contributed by atoms with Gasteiger partial charge in [0.1, 0.15) is 0 Å². The zero-order valence-electron chi connectivity index (χ0n) is 10.6. The predicted octanol–water partition coefficient (Wildman–Crippen LogP) is 4.50. The fourth-order valence-corrected chi connectivity index (χ4v) is 4.19. The number of hydrogen-bond acceptors (Lipinski definition) is 2. The molecule has 0 aliphatic heterocycles. The fraction of sp³-hybridized carbons (Fsp3) is 0.714. The Hall–Kier alpha value is -0.0500. The fourth-order valence-electron chi connectivity index (χ4n) is 2.92. The second-order valence-corrected chi connectivity index (χ2v) is 7.02. The summed E-state index contributed by atoms with van der Waals surface area (Å²) in [5, 5.41) is 3.56. The van der Waals surface area contributed by atoms with Crippen molar-refractivity contribution in [1.29, 1.82) is 0 Å². The molecule has 0 aromatic carbocycles. The van der Waals surface area contributed by atoms with Gasteiger partial charge in [0, 0.05) is 11.4 Å². The minimum atomic E-state index is 0.489. The first kappa shape index (κ1) is 13.4. The molecule has 1 aliphatic carbocycles. The highest BCUT2D eigenvalue weighted by Crippen LogP contribution is 2.40. The van der Waals surface area contributed by atoms with Gasteiger partial charge in [-0.25, -0.2) is 0 Å². The van der Waals surface area contributed by atoms with Crippen molar-refractivity contribution < 1.29 is 0 Å². The Morgan fingerprint density at radius 1 is 1.29 bits per heavy atom. The van der Waals surface area contributed by atoms with Gasteiger partial charge in [-0.3, -0.25) is 0 Å². The van der Waals surface area contributed by atoms with Crippen LogP contribution >= 0.6 is 22.9 Å². The number of halogens is 1. The third-order valence-corrected chi connectivity index (χ3v) is 5.07. The Morgan fingerprint density at radius 2 is 2.06 bits per heavy atom. The molecular formula is C14H22ClNS. The highest BCUT2D eigenvalue weighted by molar-refractivity contribution is 7.16. The molecule has 2 rings (SSSR count). The van der Waals surface area contributed by atoms with E-state index in [-0.39, 0.29) is 0 Å². The predicted molar refractivity (Wildman–Crippen MR) is 77.1 cm³/mol. The number of thiophene rings is 1. The second-order valence-electron chi connectivity index (χ2n) is 5.22. The minimum absolute atomic E-state index is 0.489. The first-order valence-electron chi connectivity index (χ1n) is 6.69. The van der Waals surface area contributed by atoms with Gasteiger partial charge in [-0.15, -0.1) is 11.3 Å². The summed E-state index contributed by atoms with van der Waals surface area (Å²) in [5.41, 5.74) is 0.489. The van der Waals surface area contributed by atoms with Gasteiger partial charge in [0.05, 0.1) is 4.34 Å². The highest BCUT2D eigenvalue weighted by Gasteiger charge is 2.32. The first-order valence-corrected chi connectivity index (χ1v) is 7.88. The number of nitrogens with one attached hydrogen (secondary N) is 1. The van der Waals surface area contributed by atoms with E-state index in [2.05, 4.69) is 18.3 Å². The van der Waals surface area contributed by atoms with Gasteiger partial charge in [0.2, 0.25) is 0 Å². The Balaban J connectivity index is 2.03. The molecule has 0 atom stereocenters. The summed E-state index contributed by atoms with van der Waals surface area (Å²) >= 11 is 7.78. The van der Waals surface area contributed by atoms with Crippen LogP contribution in [0, 0.1) is 5.41 Å². The van der Waals surface area contributed by atoms with Crippen LogP contribution in [0.1, 0.15) is 43.9 Å². The van der Waals surface area contributed by atoms with Crippen LogP contribution in [0.2, 0.25) is 4.34 Å². The maximum atomic E-state index is 6.03. The molecule has 0 radical (unpaired) electrons. The average molecular weight is 272 g/mol. The van der Waals surface area contributed by atoms with Gasteiger partial charge in [0.15, 0.2) is 0 Å². The molecule has 1 N–H and O–H groups in total. The third kappa shape index (κ3) is 3.70. The van der Waals surface area contributed by atoms with Gasteiger partial charge < -0.3 is 5.32 Å². The molecule has 0 amide bonds. The summed E-state index contributed by atoms with van der Waals surface area (Å²) in [6.45, 7) is 4.44. The smallest absolute Gasteiger partial charge is 0.0931 e. The summed E-state index contributed by atoms with van der Waals surface area (Å²) in [7, 11) is 0. The lowest BCUT2D eigenvalue weighted by atomic mass is 9.71. The van der Waals surface area contributed by atoms with Crippen LogP contribution in [0.15, 0.2) is 12.1 Å². The van der Waals surface area contributed by atoms with Gasteiger partial charge >= 0.3 is 0 Å². The zero-order chi connectivity index (χ0) is 12.1. The maximum absolute atomic E-state index is 6.03. The van der Waals surface area contributed by atoms with Crippen LogP contribution in [0.3, 0.4) is 0 Å². The van der Waals surface area contributed by atoms with Gasteiger partial charge in [0.25, 0.3) is 0 Å². The van der Waals surface area contributed by atoms with Crippen molar-refractivity contribution in [3.8, 4) is 0 Å². The topological polar surface area (TPSA) is 12.0 Å². The molecule has 0 unspecified atom stereocenters. The van der Waals surface area contributed by atoms with E-state index in [0.29, 0.717) is 5.41 Å². The van der Waals surface area contributed by atoms with Crippen LogP contribution in [0.25, 0.3) is 0 Å². The van der Waals surface area contributed by atoms with Crippen molar-refractivity contribution >= 4 is 22.9 Å². The number of hydrogen-bond donors (Lipinski definition) is 1. The SMILES string of the molecule is CCNCC1(Cc2ccc(Cl)s2)CCCCC1. The van der Waals surface area contributed by atoms with E-state index in [9.17, 15) is 0 Å². The van der Waals surface area contributed by atoms with Crippen LogP contribution in [-0.4, -0.2) is 13.1 Å². The Labute approximate surface area is 114 Å². The Morgan fingerprint density at radius 3 is 2.65 bits per heavy atom. The Bertz CT molecular complexity index is 342. The lowest BCUT2D eigenvalue weighted by Crippen LogP contribution is -2.37. The summed E-state index contributed by atoms with van der Waals surface area (Å²) < 4.78 is 0.925. The van der Waals surface area contributed by atoms with Crippen molar-refractivity contribution in [2.45, 2.75) is 45.4 Å². The molecule has 1 fully saturated rings. The monoisotopic (exact) mass is 271 g/mol. The molecule has 1 aromatic heterocycles. The first-order chi connectivity index (χ1) is 8.24. The summed E-state index contributed by atoms with van der Waals surface area (Å²) in [5.74, 6) is 0. The highest BCUT2D eigenvalue weighted by atomic mass is 35.5. The second kappa shape index (κ2) is 6.21. The van der Waals surface area contributed by atoms with E-state index in [1.165, 1.54) is 49.9 Å². The third-order valence-electron chi connectivity index (χ3n) is 3.84. The molecule has 17 heavy (non-hydrogen) atoms. The minimum Gasteiger partial charge on any atom is -0.316 e.